The smallest absolute Gasteiger partial charge is 0.293 e. The zero-order chi connectivity index (χ0) is 13.2. The summed E-state index contributed by atoms with van der Waals surface area (Å²) < 4.78 is 54.3. The van der Waals surface area contributed by atoms with Crippen molar-refractivity contribution in [1.29, 1.82) is 0 Å². The van der Waals surface area contributed by atoms with Gasteiger partial charge in [-0.1, -0.05) is 0 Å². The third-order valence-electron chi connectivity index (χ3n) is 3.54. The number of alkyl halides is 4. The van der Waals surface area contributed by atoms with Crippen LogP contribution in [0, 0.1) is 5.92 Å². The predicted molar refractivity (Wildman–Crippen MR) is 52.6 cm³/mol. The molecule has 3 rings (SSSR count). The van der Waals surface area contributed by atoms with Gasteiger partial charge in [-0.05, 0) is 19.3 Å². The highest BCUT2D eigenvalue weighted by Crippen LogP contribution is 2.68. The summed E-state index contributed by atoms with van der Waals surface area (Å²) in [6, 6.07) is 0. The molecule has 1 aromatic rings. The maximum Gasteiger partial charge on any atom is 0.293 e. The third-order valence-corrected chi connectivity index (χ3v) is 3.54. The number of hydrogen-bond donors (Lipinski definition) is 0. The average molecular weight is 262 g/mol. The SMILES string of the molecule is CC(=O)Cn1nc(C(F)F)c2c1C(F)(F)[C@@H]1CC21. The number of rotatable bonds is 3. The van der Waals surface area contributed by atoms with Gasteiger partial charge in [-0.3, -0.25) is 9.48 Å². The summed E-state index contributed by atoms with van der Waals surface area (Å²) >= 11 is 0. The molecule has 1 saturated carbocycles. The minimum Gasteiger partial charge on any atom is -0.298 e. The Hall–Kier alpha value is -1.40. The van der Waals surface area contributed by atoms with Gasteiger partial charge in [-0.15, -0.1) is 0 Å². The highest BCUT2D eigenvalue weighted by atomic mass is 19.3. The van der Waals surface area contributed by atoms with Gasteiger partial charge in [0.25, 0.3) is 12.3 Å². The fourth-order valence-corrected chi connectivity index (χ4v) is 2.79. The first-order valence-electron chi connectivity index (χ1n) is 5.60. The molecule has 1 unspecified atom stereocenters. The number of fused-ring (bicyclic) bond motifs is 3. The lowest BCUT2D eigenvalue weighted by molar-refractivity contribution is -0.118. The van der Waals surface area contributed by atoms with Gasteiger partial charge in [0.05, 0.1) is 6.54 Å². The van der Waals surface area contributed by atoms with E-state index in [-0.39, 0.29) is 18.5 Å². The van der Waals surface area contributed by atoms with Gasteiger partial charge in [-0.25, -0.2) is 8.78 Å². The molecule has 0 aliphatic heterocycles. The second kappa shape index (κ2) is 3.33. The predicted octanol–water partition coefficient (Wildman–Crippen LogP) is 2.62. The molecule has 2 aliphatic rings. The van der Waals surface area contributed by atoms with Crippen molar-refractivity contribution in [1.82, 2.24) is 9.78 Å². The Balaban J connectivity index is 2.16. The molecule has 98 valence electrons. The zero-order valence-electron chi connectivity index (χ0n) is 9.46. The van der Waals surface area contributed by atoms with Crippen LogP contribution < -0.4 is 0 Å². The topological polar surface area (TPSA) is 34.9 Å². The molecule has 2 aliphatic carbocycles. The Morgan fingerprint density at radius 1 is 1.56 bits per heavy atom. The van der Waals surface area contributed by atoms with Crippen LogP contribution in [-0.4, -0.2) is 15.6 Å². The van der Waals surface area contributed by atoms with Crippen molar-refractivity contribution in [3.8, 4) is 0 Å². The van der Waals surface area contributed by atoms with Crippen LogP contribution in [0.4, 0.5) is 17.6 Å². The molecule has 3 nitrogen and oxygen atoms in total. The van der Waals surface area contributed by atoms with Crippen molar-refractivity contribution in [2.45, 2.75) is 38.2 Å². The normalized spacial score (nSPS) is 27.2. The summed E-state index contributed by atoms with van der Waals surface area (Å²) in [6.45, 7) is 0.827. The van der Waals surface area contributed by atoms with Gasteiger partial charge in [0.1, 0.15) is 11.4 Å². The van der Waals surface area contributed by atoms with Gasteiger partial charge < -0.3 is 0 Å². The quantitative estimate of drug-likeness (QED) is 0.785. The number of Topliss-reactive ketones (excluding diaryl/α,β-unsaturated/α-hetero) is 1. The van der Waals surface area contributed by atoms with Crippen LogP contribution in [0.5, 0.6) is 0 Å². The van der Waals surface area contributed by atoms with Crippen molar-refractivity contribution < 1.29 is 22.4 Å². The van der Waals surface area contributed by atoms with Crippen LogP contribution in [0.1, 0.15) is 42.6 Å². The van der Waals surface area contributed by atoms with Crippen molar-refractivity contribution in [2.75, 3.05) is 0 Å². The molecule has 0 N–H and O–H groups in total. The van der Waals surface area contributed by atoms with E-state index in [2.05, 4.69) is 5.10 Å². The molecule has 0 amide bonds. The molecule has 7 heteroatoms. The summed E-state index contributed by atoms with van der Waals surface area (Å²) in [6.07, 6.45) is -2.66. The summed E-state index contributed by atoms with van der Waals surface area (Å²) in [5.41, 5.74) is -1.09. The minimum atomic E-state index is -3.14. The van der Waals surface area contributed by atoms with Crippen molar-refractivity contribution in [3.63, 3.8) is 0 Å². The number of halogens is 4. The third kappa shape index (κ3) is 1.36. The number of aromatic nitrogens is 2. The first kappa shape index (κ1) is 11.7. The van der Waals surface area contributed by atoms with Crippen LogP contribution in [-0.2, 0) is 17.3 Å². The number of ketones is 1. The molecule has 0 radical (unpaired) electrons. The number of nitrogens with zero attached hydrogens (tertiary/aromatic N) is 2. The highest BCUT2D eigenvalue weighted by Gasteiger charge is 2.67. The van der Waals surface area contributed by atoms with Crippen LogP contribution in [0.3, 0.4) is 0 Å². The number of carbonyl (C=O) groups is 1. The van der Waals surface area contributed by atoms with E-state index < -0.39 is 41.4 Å². The lowest BCUT2D eigenvalue weighted by Gasteiger charge is -2.14. The Kier molecular flexibility index (Phi) is 2.16. The zero-order valence-corrected chi connectivity index (χ0v) is 9.46. The Labute approximate surface area is 99.8 Å². The van der Waals surface area contributed by atoms with Crippen LogP contribution in [0.25, 0.3) is 0 Å². The Morgan fingerprint density at radius 3 is 2.78 bits per heavy atom. The lowest BCUT2D eigenvalue weighted by Crippen LogP contribution is -2.22. The fraction of sp³-hybridized carbons (Fsp3) is 0.636. The number of carbonyl (C=O) groups excluding carboxylic acids is 1. The largest absolute Gasteiger partial charge is 0.298 e. The summed E-state index contributed by atoms with van der Waals surface area (Å²) in [4.78, 5) is 11.0. The van der Waals surface area contributed by atoms with Crippen LogP contribution in [0.15, 0.2) is 0 Å². The maximum atomic E-state index is 13.9. The molecule has 2 atom stereocenters. The van der Waals surface area contributed by atoms with E-state index >= 15 is 0 Å². The molecule has 0 spiro atoms. The first-order chi connectivity index (χ1) is 8.34. The van der Waals surface area contributed by atoms with Gasteiger partial charge in [0.15, 0.2) is 5.78 Å². The van der Waals surface area contributed by atoms with Crippen molar-refractivity contribution >= 4 is 5.78 Å². The molecule has 18 heavy (non-hydrogen) atoms. The molecule has 1 heterocycles. The molecule has 1 fully saturated rings. The molecule has 0 aromatic carbocycles. The Bertz CT molecular complexity index is 537. The molecule has 1 aromatic heterocycles. The van der Waals surface area contributed by atoms with E-state index in [9.17, 15) is 22.4 Å². The van der Waals surface area contributed by atoms with Gasteiger partial charge in [0, 0.05) is 11.5 Å². The standard InChI is InChI=1S/C11H10F4N2O/c1-4(18)3-17-9-7(8(16-17)10(12)13)5-2-6(5)11(9,14)15/h5-6,10H,2-3H2,1H3/t5?,6-/m1/s1. The lowest BCUT2D eigenvalue weighted by atomic mass is 10.1. The molecular formula is C11H10F4N2O. The van der Waals surface area contributed by atoms with E-state index in [1.807, 2.05) is 0 Å². The van der Waals surface area contributed by atoms with Crippen molar-refractivity contribution in [3.05, 3.63) is 17.0 Å². The van der Waals surface area contributed by atoms with E-state index in [0.29, 0.717) is 0 Å². The summed E-state index contributed by atoms with van der Waals surface area (Å²) in [5.74, 6) is -4.94. The van der Waals surface area contributed by atoms with Crippen molar-refractivity contribution in [2.24, 2.45) is 5.92 Å². The fourth-order valence-electron chi connectivity index (χ4n) is 2.79. The second-order valence-corrected chi connectivity index (χ2v) is 4.88. The minimum absolute atomic E-state index is 0.0266. The number of hydrogen-bond acceptors (Lipinski definition) is 2. The summed E-state index contributed by atoms with van der Waals surface area (Å²) in [5, 5.41) is 3.51. The van der Waals surface area contributed by atoms with E-state index in [4.69, 9.17) is 0 Å². The van der Waals surface area contributed by atoms with Gasteiger partial charge in [-0.2, -0.15) is 13.9 Å². The van der Waals surface area contributed by atoms with Gasteiger partial charge in [0.2, 0.25) is 0 Å². The Morgan fingerprint density at radius 2 is 2.22 bits per heavy atom. The molecular weight excluding hydrogens is 252 g/mol. The monoisotopic (exact) mass is 262 g/mol. The second-order valence-electron chi connectivity index (χ2n) is 4.88. The summed E-state index contributed by atoms with van der Waals surface area (Å²) in [7, 11) is 0. The highest BCUT2D eigenvalue weighted by molar-refractivity contribution is 5.75. The molecule has 0 bridgehead atoms. The van der Waals surface area contributed by atoms with Crippen LogP contribution >= 0.6 is 0 Å². The van der Waals surface area contributed by atoms with Crippen LogP contribution in [0.2, 0.25) is 0 Å². The van der Waals surface area contributed by atoms with E-state index in [0.717, 1.165) is 4.68 Å². The maximum absolute atomic E-state index is 13.9. The van der Waals surface area contributed by atoms with E-state index in [1.165, 1.54) is 6.92 Å². The average Bonchev–Trinajstić information content (AvgIpc) is 2.88. The van der Waals surface area contributed by atoms with Gasteiger partial charge >= 0.3 is 0 Å². The molecule has 0 saturated heterocycles. The first-order valence-corrected chi connectivity index (χ1v) is 5.60. The van der Waals surface area contributed by atoms with E-state index in [1.54, 1.807) is 0 Å².